The molecule has 1 rings (SSSR count). The number of hydrogen-bond acceptors (Lipinski definition) is 4. The molecule has 1 aromatic carbocycles. The van der Waals surface area contributed by atoms with Crippen molar-refractivity contribution in [2.24, 2.45) is 0 Å². The monoisotopic (exact) mass is 329 g/mol. The quantitative estimate of drug-likeness (QED) is 0.619. The Hall–Kier alpha value is -0.690. The predicted octanol–water partition coefficient (Wildman–Crippen LogP) is 3.15. The molecule has 0 heterocycles. The molecule has 0 fully saturated rings. The van der Waals surface area contributed by atoms with E-state index in [9.17, 15) is 14.5 Å². The molecule has 0 aliphatic carbocycles. The fourth-order valence-electron chi connectivity index (χ4n) is 1.62. The highest BCUT2D eigenvalue weighted by Gasteiger charge is 2.42. The van der Waals surface area contributed by atoms with Crippen LogP contribution in [0.25, 0.3) is 0 Å². The molecule has 2 N–H and O–H groups in total. The lowest BCUT2D eigenvalue weighted by Crippen LogP contribution is -2.54. The van der Waals surface area contributed by atoms with Crippen molar-refractivity contribution in [1.29, 1.82) is 0 Å². The molecule has 0 aliphatic heterocycles. The van der Waals surface area contributed by atoms with Gasteiger partial charge in [-0.1, -0.05) is 19.1 Å². The van der Waals surface area contributed by atoms with Crippen molar-refractivity contribution in [2.75, 3.05) is 5.75 Å². The number of nitrogens with one attached hydrogen (secondary N) is 1. The van der Waals surface area contributed by atoms with E-state index in [2.05, 4.69) is 11.6 Å². The SMILES string of the molecule is CCSc1ccc(C(C)(N[S@+]([O-])C(C)(C)C)C(=O)O)cc1. The predicted molar refractivity (Wildman–Crippen MR) is 88.9 cm³/mol. The summed E-state index contributed by atoms with van der Waals surface area (Å²) < 4.78 is 14.5. The van der Waals surface area contributed by atoms with Gasteiger partial charge in [0.2, 0.25) is 0 Å². The molecule has 2 atom stereocenters. The number of thioether (sulfide) groups is 1. The molecular formula is C15H23NO3S2. The summed E-state index contributed by atoms with van der Waals surface area (Å²) in [5.41, 5.74) is -0.791. The normalized spacial score (nSPS) is 16.3. The molecule has 0 radical (unpaired) electrons. The number of rotatable bonds is 6. The van der Waals surface area contributed by atoms with Crippen molar-refractivity contribution in [2.45, 2.75) is 49.8 Å². The number of aliphatic carboxylic acids is 1. The van der Waals surface area contributed by atoms with Gasteiger partial charge >= 0.3 is 5.97 Å². The first-order chi connectivity index (χ1) is 9.61. The van der Waals surface area contributed by atoms with Gasteiger partial charge in [-0.2, -0.15) is 0 Å². The fraction of sp³-hybridized carbons (Fsp3) is 0.533. The minimum Gasteiger partial charge on any atom is -0.598 e. The summed E-state index contributed by atoms with van der Waals surface area (Å²) in [5, 5.41) is 9.57. The van der Waals surface area contributed by atoms with Gasteiger partial charge in [-0.3, -0.25) is 0 Å². The zero-order valence-corrected chi connectivity index (χ0v) is 14.7. The topological polar surface area (TPSA) is 72.4 Å². The lowest BCUT2D eigenvalue weighted by atomic mass is 9.93. The third-order valence-corrected chi connectivity index (χ3v) is 5.62. The van der Waals surface area contributed by atoms with Crippen molar-refractivity contribution in [3.63, 3.8) is 0 Å². The third kappa shape index (κ3) is 4.64. The lowest BCUT2D eigenvalue weighted by molar-refractivity contribution is -0.143. The Balaban J connectivity index is 3.07. The second-order valence-corrected chi connectivity index (χ2v) is 9.17. The Bertz CT molecular complexity index is 485. The Labute approximate surface area is 134 Å². The van der Waals surface area contributed by atoms with E-state index in [1.807, 2.05) is 12.1 Å². The first-order valence-corrected chi connectivity index (χ1v) is 8.91. The summed E-state index contributed by atoms with van der Waals surface area (Å²) in [5.74, 6) is -0.0852. The van der Waals surface area contributed by atoms with Gasteiger partial charge in [0.05, 0.1) is 0 Å². The van der Waals surface area contributed by atoms with Gasteiger partial charge < -0.3 is 9.66 Å². The minimum absolute atomic E-state index is 0.533. The molecule has 1 unspecified atom stereocenters. The van der Waals surface area contributed by atoms with Gasteiger partial charge in [0.25, 0.3) is 0 Å². The average molecular weight is 329 g/mol. The molecule has 0 spiro atoms. The number of carbonyl (C=O) groups is 1. The zero-order chi connectivity index (χ0) is 16.3. The third-order valence-electron chi connectivity index (χ3n) is 3.02. The average Bonchev–Trinajstić information content (AvgIpc) is 2.38. The molecule has 0 aliphatic rings. The maximum absolute atomic E-state index is 12.3. The molecule has 118 valence electrons. The number of benzene rings is 1. The molecule has 0 aromatic heterocycles. The highest BCUT2D eigenvalue weighted by molar-refractivity contribution is 7.99. The van der Waals surface area contributed by atoms with Gasteiger partial charge in [0, 0.05) is 16.3 Å². The lowest BCUT2D eigenvalue weighted by Gasteiger charge is -2.32. The molecule has 21 heavy (non-hydrogen) atoms. The van der Waals surface area contributed by atoms with E-state index in [0.717, 1.165) is 10.6 Å². The van der Waals surface area contributed by atoms with Gasteiger partial charge in [0.15, 0.2) is 5.54 Å². The van der Waals surface area contributed by atoms with E-state index in [0.29, 0.717) is 5.56 Å². The van der Waals surface area contributed by atoms with Crippen molar-refractivity contribution in [3.05, 3.63) is 29.8 Å². The smallest absolute Gasteiger partial charge is 0.332 e. The number of carboxylic acid groups (broad SMARTS) is 1. The second-order valence-electron chi connectivity index (χ2n) is 5.87. The van der Waals surface area contributed by atoms with E-state index in [4.69, 9.17) is 0 Å². The molecule has 0 saturated heterocycles. The summed E-state index contributed by atoms with van der Waals surface area (Å²) in [6, 6.07) is 7.34. The Morgan fingerprint density at radius 1 is 1.29 bits per heavy atom. The second kappa shape index (κ2) is 7.05. The maximum atomic E-state index is 12.3. The molecule has 0 saturated carbocycles. The minimum atomic E-state index is -1.47. The molecule has 1 aromatic rings. The van der Waals surface area contributed by atoms with Crippen LogP contribution in [0, 0.1) is 0 Å². The Kier molecular flexibility index (Phi) is 6.16. The van der Waals surface area contributed by atoms with Crippen LogP contribution >= 0.6 is 11.8 Å². The van der Waals surface area contributed by atoms with Crippen LogP contribution in [-0.2, 0) is 21.7 Å². The van der Waals surface area contributed by atoms with Gasteiger partial charge in [-0.05, 0) is 51.1 Å². The first-order valence-electron chi connectivity index (χ1n) is 6.77. The van der Waals surface area contributed by atoms with Crippen LogP contribution in [0.5, 0.6) is 0 Å². The van der Waals surface area contributed by atoms with Crippen LogP contribution in [0.1, 0.15) is 40.2 Å². The molecule has 6 heteroatoms. The summed E-state index contributed by atoms with van der Waals surface area (Å²) >= 11 is 0.221. The van der Waals surface area contributed by atoms with Crippen LogP contribution in [-0.4, -0.2) is 26.1 Å². The first kappa shape index (κ1) is 18.4. The molecule has 0 amide bonds. The van der Waals surface area contributed by atoms with Gasteiger partial charge in [0.1, 0.15) is 4.75 Å². The zero-order valence-electron chi connectivity index (χ0n) is 13.1. The largest absolute Gasteiger partial charge is 0.598 e. The van der Waals surface area contributed by atoms with E-state index in [1.165, 1.54) is 0 Å². The standard InChI is InChI=1S/C15H23NO3S2/c1-6-20-12-9-7-11(8-10-12)15(5,13(17)18)16-21(19)14(2,3)4/h7-10,16H,6H2,1-5H3,(H,17,18)/t15?,21-/m1/s1. The van der Waals surface area contributed by atoms with Crippen LogP contribution in [0.2, 0.25) is 0 Å². The van der Waals surface area contributed by atoms with E-state index in [1.54, 1.807) is 51.6 Å². The van der Waals surface area contributed by atoms with E-state index < -0.39 is 27.6 Å². The fourth-order valence-corrected chi connectivity index (χ4v) is 3.16. The molecule has 0 bridgehead atoms. The highest BCUT2D eigenvalue weighted by atomic mass is 32.2. The maximum Gasteiger partial charge on any atom is 0.332 e. The van der Waals surface area contributed by atoms with Gasteiger partial charge in [-0.25, -0.2) is 4.79 Å². The highest BCUT2D eigenvalue weighted by Crippen LogP contribution is 2.28. The number of hydrogen-bond donors (Lipinski definition) is 2. The van der Waals surface area contributed by atoms with Crippen LogP contribution in [0.4, 0.5) is 0 Å². The summed E-state index contributed by atoms with van der Waals surface area (Å²) in [7, 11) is 0. The Morgan fingerprint density at radius 2 is 1.81 bits per heavy atom. The summed E-state index contributed by atoms with van der Waals surface area (Å²) in [6.45, 7) is 9.02. The van der Waals surface area contributed by atoms with Crippen molar-refractivity contribution in [3.8, 4) is 0 Å². The molecule has 4 nitrogen and oxygen atoms in total. The van der Waals surface area contributed by atoms with Crippen LogP contribution < -0.4 is 4.72 Å². The van der Waals surface area contributed by atoms with Crippen LogP contribution in [0.15, 0.2) is 29.2 Å². The van der Waals surface area contributed by atoms with E-state index in [-0.39, 0.29) is 0 Å². The van der Waals surface area contributed by atoms with Gasteiger partial charge in [-0.15, -0.1) is 16.5 Å². The van der Waals surface area contributed by atoms with Crippen LogP contribution in [0.3, 0.4) is 0 Å². The Morgan fingerprint density at radius 3 is 2.19 bits per heavy atom. The molecular weight excluding hydrogens is 306 g/mol. The van der Waals surface area contributed by atoms with E-state index >= 15 is 0 Å². The van der Waals surface area contributed by atoms with Crippen molar-refractivity contribution >= 4 is 29.1 Å². The van der Waals surface area contributed by atoms with Crippen molar-refractivity contribution < 1.29 is 14.5 Å². The summed E-state index contributed by atoms with van der Waals surface area (Å²) in [6.07, 6.45) is 0. The summed E-state index contributed by atoms with van der Waals surface area (Å²) in [4.78, 5) is 12.8. The number of carboxylic acids is 1. The van der Waals surface area contributed by atoms with Crippen molar-refractivity contribution in [1.82, 2.24) is 4.72 Å².